The van der Waals surface area contributed by atoms with E-state index in [2.05, 4.69) is 19.2 Å². The summed E-state index contributed by atoms with van der Waals surface area (Å²) in [5.74, 6) is 2.70. The maximum Gasteiger partial charge on any atom is 0.0618 e. The number of hydrogen-bond donors (Lipinski definition) is 1. The predicted octanol–water partition coefficient (Wildman–Crippen LogP) is 2.83. The third kappa shape index (κ3) is 3.21. The van der Waals surface area contributed by atoms with Gasteiger partial charge in [0.2, 0.25) is 0 Å². The standard InChI is InChI=1S/C14H27NO/c1-10-4-7-13(8-11(10)2)15-14(9-16-3)12-5-6-12/h10-15H,4-9H2,1-3H3. The highest BCUT2D eigenvalue weighted by Crippen LogP contribution is 2.35. The summed E-state index contributed by atoms with van der Waals surface area (Å²) >= 11 is 0. The topological polar surface area (TPSA) is 21.3 Å². The quantitative estimate of drug-likeness (QED) is 0.777. The molecule has 4 atom stereocenters. The first-order valence-electron chi connectivity index (χ1n) is 6.95. The highest BCUT2D eigenvalue weighted by molar-refractivity contribution is 4.90. The number of hydrogen-bond acceptors (Lipinski definition) is 2. The molecular weight excluding hydrogens is 198 g/mol. The SMILES string of the molecule is COCC(NC1CCC(C)C(C)C1)C1CC1. The van der Waals surface area contributed by atoms with Crippen LogP contribution >= 0.6 is 0 Å². The van der Waals surface area contributed by atoms with Gasteiger partial charge in [0.1, 0.15) is 0 Å². The second kappa shape index (κ2) is 5.50. The largest absolute Gasteiger partial charge is 0.383 e. The number of nitrogens with one attached hydrogen (secondary N) is 1. The lowest BCUT2D eigenvalue weighted by atomic mass is 9.79. The molecule has 0 aromatic rings. The molecular formula is C14H27NO. The zero-order valence-corrected chi connectivity index (χ0v) is 11.0. The molecule has 0 aromatic heterocycles. The molecule has 4 unspecified atom stereocenters. The zero-order valence-electron chi connectivity index (χ0n) is 11.0. The fourth-order valence-electron chi connectivity index (χ4n) is 3.00. The Kier molecular flexibility index (Phi) is 4.26. The van der Waals surface area contributed by atoms with Crippen LogP contribution in [0.1, 0.15) is 46.0 Å². The molecule has 0 spiro atoms. The Bertz CT molecular complexity index is 215. The van der Waals surface area contributed by atoms with Crippen molar-refractivity contribution < 1.29 is 4.74 Å². The third-order valence-electron chi connectivity index (χ3n) is 4.59. The van der Waals surface area contributed by atoms with E-state index in [9.17, 15) is 0 Å². The van der Waals surface area contributed by atoms with Gasteiger partial charge in [-0.25, -0.2) is 0 Å². The molecule has 94 valence electrons. The summed E-state index contributed by atoms with van der Waals surface area (Å²) < 4.78 is 5.33. The smallest absolute Gasteiger partial charge is 0.0618 e. The minimum absolute atomic E-state index is 0.621. The van der Waals surface area contributed by atoms with Gasteiger partial charge in [-0.1, -0.05) is 13.8 Å². The van der Waals surface area contributed by atoms with E-state index < -0.39 is 0 Å². The number of methoxy groups -OCH3 is 1. The minimum atomic E-state index is 0.621. The summed E-state index contributed by atoms with van der Waals surface area (Å²) in [6.45, 7) is 5.69. The summed E-state index contributed by atoms with van der Waals surface area (Å²) in [6, 6.07) is 1.36. The van der Waals surface area contributed by atoms with Gasteiger partial charge in [-0.3, -0.25) is 0 Å². The molecule has 0 aromatic carbocycles. The van der Waals surface area contributed by atoms with Crippen molar-refractivity contribution in [2.24, 2.45) is 17.8 Å². The Morgan fingerprint density at radius 2 is 1.88 bits per heavy atom. The summed E-state index contributed by atoms with van der Waals surface area (Å²) in [7, 11) is 1.82. The average Bonchev–Trinajstić information content (AvgIpc) is 3.06. The number of rotatable bonds is 5. The molecule has 2 saturated carbocycles. The highest BCUT2D eigenvalue weighted by atomic mass is 16.5. The van der Waals surface area contributed by atoms with E-state index >= 15 is 0 Å². The van der Waals surface area contributed by atoms with E-state index in [-0.39, 0.29) is 0 Å². The van der Waals surface area contributed by atoms with Crippen LogP contribution in [0.3, 0.4) is 0 Å². The van der Waals surface area contributed by atoms with Gasteiger partial charge in [-0.15, -0.1) is 0 Å². The van der Waals surface area contributed by atoms with E-state index in [1.54, 1.807) is 0 Å². The van der Waals surface area contributed by atoms with Crippen LogP contribution in [-0.4, -0.2) is 25.8 Å². The van der Waals surface area contributed by atoms with E-state index in [0.717, 1.165) is 30.4 Å². The Hall–Kier alpha value is -0.0800. The molecule has 2 nitrogen and oxygen atoms in total. The number of ether oxygens (including phenoxy) is 1. The molecule has 2 aliphatic carbocycles. The fraction of sp³-hybridized carbons (Fsp3) is 1.00. The Morgan fingerprint density at radius 1 is 1.12 bits per heavy atom. The van der Waals surface area contributed by atoms with E-state index in [1.807, 2.05) is 7.11 Å². The molecule has 2 aliphatic rings. The second-order valence-corrected chi connectivity index (χ2v) is 6.03. The molecule has 0 amide bonds. The molecule has 0 heterocycles. The van der Waals surface area contributed by atoms with Crippen molar-refractivity contribution in [3.05, 3.63) is 0 Å². The molecule has 16 heavy (non-hydrogen) atoms. The Morgan fingerprint density at radius 3 is 2.44 bits per heavy atom. The molecule has 0 aliphatic heterocycles. The zero-order chi connectivity index (χ0) is 11.5. The molecule has 0 radical (unpaired) electrons. The normalized spacial score (nSPS) is 37.3. The average molecular weight is 225 g/mol. The summed E-state index contributed by atoms with van der Waals surface area (Å²) in [5, 5.41) is 3.84. The van der Waals surface area contributed by atoms with Crippen molar-refractivity contribution in [3.63, 3.8) is 0 Å². The van der Waals surface area contributed by atoms with Crippen molar-refractivity contribution in [1.82, 2.24) is 5.32 Å². The molecule has 1 N–H and O–H groups in total. The maximum atomic E-state index is 5.33. The van der Waals surface area contributed by atoms with Crippen LogP contribution in [-0.2, 0) is 4.74 Å². The second-order valence-electron chi connectivity index (χ2n) is 6.03. The molecule has 0 saturated heterocycles. The van der Waals surface area contributed by atoms with Crippen LogP contribution in [0.2, 0.25) is 0 Å². The van der Waals surface area contributed by atoms with Gasteiger partial charge >= 0.3 is 0 Å². The van der Waals surface area contributed by atoms with E-state index in [1.165, 1.54) is 32.1 Å². The van der Waals surface area contributed by atoms with Crippen LogP contribution < -0.4 is 5.32 Å². The Balaban J connectivity index is 1.78. The Labute approximate surface area is 100 Å². The van der Waals surface area contributed by atoms with E-state index in [0.29, 0.717) is 6.04 Å². The molecule has 2 heteroatoms. The first-order valence-corrected chi connectivity index (χ1v) is 6.95. The van der Waals surface area contributed by atoms with Crippen molar-refractivity contribution in [1.29, 1.82) is 0 Å². The summed E-state index contributed by atoms with van der Waals surface area (Å²) in [4.78, 5) is 0. The first kappa shape index (κ1) is 12.4. The first-order chi connectivity index (χ1) is 7.70. The van der Waals surface area contributed by atoms with Crippen molar-refractivity contribution >= 4 is 0 Å². The van der Waals surface area contributed by atoms with Crippen LogP contribution in [0.5, 0.6) is 0 Å². The molecule has 0 bridgehead atoms. The van der Waals surface area contributed by atoms with Gasteiger partial charge in [-0.2, -0.15) is 0 Å². The summed E-state index contributed by atoms with van der Waals surface area (Å²) in [5.41, 5.74) is 0. The monoisotopic (exact) mass is 225 g/mol. The van der Waals surface area contributed by atoms with Gasteiger partial charge in [0.05, 0.1) is 6.61 Å². The molecule has 2 fully saturated rings. The van der Waals surface area contributed by atoms with Gasteiger partial charge in [0, 0.05) is 19.2 Å². The predicted molar refractivity (Wildman–Crippen MR) is 67.5 cm³/mol. The van der Waals surface area contributed by atoms with E-state index in [4.69, 9.17) is 4.74 Å². The summed E-state index contributed by atoms with van der Waals surface area (Å²) in [6.07, 6.45) is 6.91. The van der Waals surface area contributed by atoms with Crippen LogP contribution in [0.15, 0.2) is 0 Å². The van der Waals surface area contributed by atoms with Crippen LogP contribution in [0, 0.1) is 17.8 Å². The third-order valence-corrected chi connectivity index (χ3v) is 4.59. The highest BCUT2D eigenvalue weighted by Gasteiger charge is 2.34. The van der Waals surface area contributed by atoms with Gasteiger partial charge in [0.15, 0.2) is 0 Å². The van der Waals surface area contributed by atoms with Crippen LogP contribution in [0.25, 0.3) is 0 Å². The van der Waals surface area contributed by atoms with Crippen molar-refractivity contribution in [2.75, 3.05) is 13.7 Å². The fourth-order valence-corrected chi connectivity index (χ4v) is 3.00. The van der Waals surface area contributed by atoms with Crippen molar-refractivity contribution in [2.45, 2.75) is 58.0 Å². The maximum absolute atomic E-state index is 5.33. The lowest BCUT2D eigenvalue weighted by molar-refractivity contribution is 0.135. The van der Waals surface area contributed by atoms with Gasteiger partial charge in [-0.05, 0) is 49.9 Å². The minimum Gasteiger partial charge on any atom is -0.383 e. The van der Waals surface area contributed by atoms with Crippen LogP contribution in [0.4, 0.5) is 0 Å². The van der Waals surface area contributed by atoms with Gasteiger partial charge < -0.3 is 10.1 Å². The van der Waals surface area contributed by atoms with Crippen molar-refractivity contribution in [3.8, 4) is 0 Å². The van der Waals surface area contributed by atoms with Gasteiger partial charge in [0.25, 0.3) is 0 Å². The lowest BCUT2D eigenvalue weighted by Crippen LogP contribution is -2.45. The lowest BCUT2D eigenvalue weighted by Gasteiger charge is -2.35. The molecule has 2 rings (SSSR count).